The molecule has 1 aliphatic carbocycles. The fourth-order valence-corrected chi connectivity index (χ4v) is 4.29. The number of alkyl halides is 1. The van der Waals surface area contributed by atoms with Gasteiger partial charge in [-0.15, -0.1) is 0 Å². The summed E-state index contributed by atoms with van der Waals surface area (Å²) in [6, 6.07) is 6.96. The summed E-state index contributed by atoms with van der Waals surface area (Å²) in [5, 5.41) is 0. The summed E-state index contributed by atoms with van der Waals surface area (Å²) in [6.07, 6.45) is 7.38. The highest BCUT2D eigenvalue weighted by atomic mass is 79.9. The molecule has 2 atom stereocenters. The largest absolute Gasteiger partial charge is 0.309 e. The lowest BCUT2D eigenvalue weighted by atomic mass is 9.93. The minimum Gasteiger partial charge on any atom is -0.309 e. The van der Waals surface area contributed by atoms with Gasteiger partial charge < -0.3 is 4.90 Å². The predicted octanol–water partition coefficient (Wildman–Crippen LogP) is 4.37. The van der Waals surface area contributed by atoms with Gasteiger partial charge in [0.1, 0.15) is 0 Å². The van der Waals surface area contributed by atoms with E-state index in [1.54, 1.807) is 0 Å². The summed E-state index contributed by atoms with van der Waals surface area (Å²) in [6.45, 7) is 2.11. The second kappa shape index (κ2) is 5.88. The van der Waals surface area contributed by atoms with E-state index in [9.17, 15) is 4.79 Å². The lowest BCUT2D eigenvalue weighted by molar-refractivity contribution is -0.119. The summed E-state index contributed by atoms with van der Waals surface area (Å²) in [4.78, 5) is 15.3. The molecule has 20 heavy (non-hydrogen) atoms. The molecule has 2 unspecified atom stereocenters. The fraction of sp³-hybridized carbons (Fsp3) is 0.588. The number of hydrogen-bond donors (Lipinski definition) is 0. The van der Waals surface area contributed by atoms with Gasteiger partial charge in [0.05, 0.1) is 0 Å². The molecule has 1 amide bonds. The number of anilines is 1. The van der Waals surface area contributed by atoms with Gasteiger partial charge in [-0.1, -0.05) is 34.5 Å². The van der Waals surface area contributed by atoms with Gasteiger partial charge in [0.15, 0.2) is 0 Å². The average Bonchev–Trinajstić information content (AvgIpc) is 2.56. The average molecular weight is 336 g/mol. The first-order valence-corrected chi connectivity index (χ1v) is 8.62. The van der Waals surface area contributed by atoms with Crippen molar-refractivity contribution in [2.24, 2.45) is 0 Å². The third-order valence-corrected chi connectivity index (χ3v) is 5.39. The number of nitrogens with zero attached hydrogens (tertiary/aromatic N) is 1. The van der Waals surface area contributed by atoms with Gasteiger partial charge in [-0.2, -0.15) is 0 Å². The van der Waals surface area contributed by atoms with Crippen LogP contribution in [0.2, 0.25) is 0 Å². The van der Waals surface area contributed by atoms with Gasteiger partial charge in [-0.05, 0) is 56.2 Å². The summed E-state index contributed by atoms with van der Waals surface area (Å²) in [7, 11) is 0. The molecule has 1 aromatic carbocycles. The lowest BCUT2D eigenvalue weighted by Crippen LogP contribution is -2.43. The third-order valence-electron chi connectivity index (χ3n) is 4.55. The molecule has 0 aromatic heterocycles. The molecule has 0 spiro atoms. The van der Waals surface area contributed by atoms with E-state index in [-0.39, 0.29) is 0 Å². The fourth-order valence-electron chi connectivity index (χ4n) is 3.54. The highest BCUT2D eigenvalue weighted by Gasteiger charge is 2.32. The SMILES string of the molecule is Cc1ccc2c(c1)N(C1CCCC(Br)C1)C(=O)CCC2. The molecule has 1 fully saturated rings. The summed E-state index contributed by atoms with van der Waals surface area (Å²) in [5.41, 5.74) is 3.77. The number of amides is 1. The minimum absolute atomic E-state index is 0.320. The second-order valence-corrected chi connectivity index (χ2v) is 7.46. The summed E-state index contributed by atoms with van der Waals surface area (Å²) >= 11 is 3.75. The first-order valence-electron chi connectivity index (χ1n) is 7.71. The Morgan fingerprint density at radius 2 is 2.05 bits per heavy atom. The van der Waals surface area contributed by atoms with Crippen molar-refractivity contribution in [3.8, 4) is 0 Å². The predicted molar refractivity (Wildman–Crippen MR) is 86.6 cm³/mol. The Labute approximate surface area is 129 Å². The van der Waals surface area contributed by atoms with E-state index in [1.807, 2.05) is 0 Å². The van der Waals surface area contributed by atoms with Crippen LogP contribution in [0, 0.1) is 6.92 Å². The van der Waals surface area contributed by atoms with E-state index < -0.39 is 0 Å². The van der Waals surface area contributed by atoms with Crippen molar-refractivity contribution < 1.29 is 4.79 Å². The minimum atomic E-state index is 0.320. The van der Waals surface area contributed by atoms with E-state index in [4.69, 9.17) is 0 Å². The van der Waals surface area contributed by atoms with Crippen LogP contribution in [0.5, 0.6) is 0 Å². The van der Waals surface area contributed by atoms with Gasteiger partial charge >= 0.3 is 0 Å². The zero-order chi connectivity index (χ0) is 14.1. The maximum Gasteiger partial charge on any atom is 0.227 e. The Kier molecular flexibility index (Phi) is 4.16. The first kappa shape index (κ1) is 14.1. The summed E-state index contributed by atoms with van der Waals surface area (Å²) < 4.78 is 0. The Hall–Kier alpha value is -0.830. The van der Waals surface area contributed by atoms with Crippen LogP contribution in [0.4, 0.5) is 5.69 Å². The topological polar surface area (TPSA) is 20.3 Å². The number of carbonyl (C=O) groups is 1. The molecule has 1 aromatic rings. The van der Waals surface area contributed by atoms with Gasteiger partial charge in [0.25, 0.3) is 0 Å². The molecule has 0 N–H and O–H groups in total. The van der Waals surface area contributed by atoms with Crippen LogP contribution in [0.15, 0.2) is 18.2 Å². The molecule has 3 rings (SSSR count). The number of hydrogen-bond acceptors (Lipinski definition) is 1. The van der Waals surface area contributed by atoms with Gasteiger partial charge in [-0.25, -0.2) is 0 Å². The molecule has 2 aliphatic rings. The van der Waals surface area contributed by atoms with Crippen molar-refractivity contribution in [1.82, 2.24) is 0 Å². The van der Waals surface area contributed by atoms with Crippen molar-refractivity contribution in [3.05, 3.63) is 29.3 Å². The molecular formula is C17H22BrNO. The molecule has 0 radical (unpaired) electrons. The molecule has 0 saturated heterocycles. The van der Waals surface area contributed by atoms with Crippen LogP contribution in [-0.4, -0.2) is 16.8 Å². The number of fused-ring (bicyclic) bond motifs is 1. The van der Waals surface area contributed by atoms with E-state index in [2.05, 4.69) is 46.0 Å². The number of carbonyl (C=O) groups excluding carboxylic acids is 1. The van der Waals surface area contributed by atoms with E-state index in [0.717, 1.165) is 25.7 Å². The van der Waals surface area contributed by atoms with Crippen molar-refractivity contribution in [3.63, 3.8) is 0 Å². The van der Waals surface area contributed by atoms with Crippen LogP contribution in [0.1, 0.15) is 49.7 Å². The Balaban J connectivity index is 1.98. The van der Waals surface area contributed by atoms with E-state index >= 15 is 0 Å². The molecule has 1 saturated carbocycles. The van der Waals surface area contributed by atoms with E-state index in [0.29, 0.717) is 23.2 Å². The maximum absolute atomic E-state index is 12.6. The Morgan fingerprint density at radius 3 is 2.85 bits per heavy atom. The molecule has 0 bridgehead atoms. The van der Waals surface area contributed by atoms with Gasteiger partial charge in [0.2, 0.25) is 5.91 Å². The maximum atomic E-state index is 12.6. The Bertz CT molecular complexity index is 514. The zero-order valence-electron chi connectivity index (χ0n) is 12.1. The highest BCUT2D eigenvalue weighted by molar-refractivity contribution is 9.09. The van der Waals surface area contributed by atoms with Crippen LogP contribution in [-0.2, 0) is 11.2 Å². The lowest BCUT2D eigenvalue weighted by Gasteiger charge is -2.36. The van der Waals surface area contributed by atoms with Crippen molar-refractivity contribution in [2.45, 2.75) is 62.7 Å². The monoisotopic (exact) mass is 335 g/mol. The van der Waals surface area contributed by atoms with Crippen molar-refractivity contribution >= 4 is 27.5 Å². The van der Waals surface area contributed by atoms with E-state index in [1.165, 1.54) is 29.7 Å². The number of rotatable bonds is 1. The Morgan fingerprint density at radius 1 is 1.20 bits per heavy atom. The quantitative estimate of drug-likeness (QED) is 0.698. The highest BCUT2D eigenvalue weighted by Crippen LogP contribution is 2.35. The van der Waals surface area contributed by atoms with Crippen LogP contribution in [0.25, 0.3) is 0 Å². The van der Waals surface area contributed by atoms with Crippen LogP contribution >= 0.6 is 15.9 Å². The first-order chi connectivity index (χ1) is 9.65. The van der Waals surface area contributed by atoms with Crippen LogP contribution in [0.3, 0.4) is 0 Å². The van der Waals surface area contributed by atoms with Crippen molar-refractivity contribution in [1.29, 1.82) is 0 Å². The summed E-state index contributed by atoms with van der Waals surface area (Å²) in [5.74, 6) is 0.320. The third kappa shape index (κ3) is 2.78. The van der Waals surface area contributed by atoms with Crippen LogP contribution < -0.4 is 4.90 Å². The zero-order valence-corrected chi connectivity index (χ0v) is 13.7. The number of benzene rings is 1. The second-order valence-electron chi connectivity index (χ2n) is 6.17. The van der Waals surface area contributed by atoms with Gasteiger partial charge in [-0.3, -0.25) is 4.79 Å². The normalized spacial score (nSPS) is 27.1. The van der Waals surface area contributed by atoms with Crippen molar-refractivity contribution in [2.75, 3.05) is 4.90 Å². The molecule has 3 heteroatoms. The standard InChI is InChI=1S/C17H22BrNO/c1-12-8-9-13-4-2-7-17(20)19(16(13)10-12)15-6-3-5-14(18)11-15/h8-10,14-15H,2-7,11H2,1H3. The molecule has 1 aliphatic heterocycles. The van der Waals surface area contributed by atoms with Gasteiger partial charge in [0, 0.05) is 23.0 Å². The molecular weight excluding hydrogens is 314 g/mol. The molecule has 108 valence electrons. The molecule has 1 heterocycles. The smallest absolute Gasteiger partial charge is 0.227 e. The number of halogens is 1. The number of aryl methyl sites for hydroxylation is 2. The molecule has 2 nitrogen and oxygen atoms in total.